The second-order valence-corrected chi connectivity index (χ2v) is 7.20. The molecule has 3 atom stereocenters. The van der Waals surface area contributed by atoms with Crippen LogP contribution in [0.25, 0.3) is 0 Å². The largest absolute Gasteiger partial charge is 0.333 e. The van der Waals surface area contributed by atoms with E-state index in [-0.39, 0.29) is 12.0 Å². The van der Waals surface area contributed by atoms with Gasteiger partial charge in [0.1, 0.15) is 5.01 Å². The Morgan fingerprint density at radius 2 is 2.09 bits per heavy atom. The molecule has 2 heterocycles. The zero-order valence-corrected chi connectivity index (χ0v) is 13.3. The lowest BCUT2D eigenvalue weighted by atomic mass is 10.0. The van der Waals surface area contributed by atoms with E-state index < -0.39 is 0 Å². The van der Waals surface area contributed by atoms with Crippen LogP contribution in [-0.4, -0.2) is 22.3 Å². The SMILES string of the molecule is O=C(C1CC1c1ccccc1)N1CCCCC1c1nccs1. The molecule has 4 rings (SSSR count). The number of rotatable bonds is 3. The van der Waals surface area contributed by atoms with E-state index in [9.17, 15) is 4.79 Å². The summed E-state index contributed by atoms with van der Waals surface area (Å²) < 4.78 is 0. The monoisotopic (exact) mass is 312 g/mol. The average molecular weight is 312 g/mol. The second-order valence-electron chi connectivity index (χ2n) is 6.27. The molecule has 2 aromatic rings. The molecule has 2 fully saturated rings. The van der Waals surface area contributed by atoms with Crippen molar-refractivity contribution in [3.8, 4) is 0 Å². The Morgan fingerprint density at radius 1 is 1.23 bits per heavy atom. The minimum Gasteiger partial charge on any atom is -0.333 e. The van der Waals surface area contributed by atoms with Gasteiger partial charge in [0.25, 0.3) is 0 Å². The highest BCUT2D eigenvalue weighted by Gasteiger charge is 2.47. The molecule has 2 aliphatic rings. The van der Waals surface area contributed by atoms with Crippen LogP contribution in [0.5, 0.6) is 0 Å². The molecule has 1 aliphatic heterocycles. The van der Waals surface area contributed by atoms with Gasteiger partial charge in [-0.15, -0.1) is 11.3 Å². The Morgan fingerprint density at radius 3 is 2.86 bits per heavy atom. The summed E-state index contributed by atoms with van der Waals surface area (Å²) in [7, 11) is 0. The predicted molar refractivity (Wildman–Crippen MR) is 87.7 cm³/mol. The van der Waals surface area contributed by atoms with Gasteiger partial charge in [0.15, 0.2) is 0 Å². The van der Waals surface area contributed by atoms with Crippen molar-refractivity contribution < 1.29 is 4.79 Å². The highest BCUT2D eigenvalue weighted by atomic mass is 32.1. The number of thiazole rings is 1. The van der Waals surface area contributed by atoms with Crippen molar-refractivity contribution in [2.24, 2.45) is 5.92 Å². The lowest BCUT2D eigenvalue weighted by molar-refractivity contribution is -0.136. The first-order chi connectivity index (χ1) is 10.8. The molecule has 0 bridgehead atoms. The van der Waals surface area contributed by atoms with Crippen LogP contribution < -0.4 is 0 Å². The fourth-order valence-electron chi connectivity index (χ4n) is 3.60. The molecule has 114 valence electrons. The number of carbonyl (C=O) groups is 1. The number of hydrogen-bond donors (Lipinski definition) is 0. The van der Waals surface area contributed by atoms with Gasteiger partial charge in [0, 0.05) is 24.0 Å². The average Bonchev–Trinajstić information content (AvgIpc) is 3.20. The third-order valence-corrected chi connectivity index (χ3v) is 5.73. The minimum atomic E-state index is 0.183. The highest BCUT2D eigenvalue weighted by Crippen LogP contribution is 2.49. The van der Waals surface area contributed by atoms with E-state index in [1.165, 1.54) is 12.0 Å². The number of aromatic nitrogens is 1. The fraction of sp³-hybridized carbons (Fsp3) is 0.444. The molecule has 1 aromatic heterocycles. The molecule has 22 heavy (non-hydrogen) atoms. The minimum absolute atomic E-state index is 0.183. The molecule has 0 radical (unpaired) electrons. The summed E-state index contributed by atoms with van der Waals surface area (Å²) in [4.78, 5) is 19.5. The van der Waals surface area contributed by atoms with Crippen molar-refractivity contribution >= 4 is 17.2 Å². The highest BCUT2D eigenvalue weighted by molar-refractivity contribution is 7.09. The maximum Gasteiger partial charge on any atom is 0.226 e. The van der Waals surface area contributed by atoms with Crippen molar-refractivity contribution in [3.05, 3.63) is 52.5 Å². The van der Waals surface area contributed by atoms with Crippen molar-refractivity contribution in [2.75, 3.05) is 6.54 Å². The molecule has 0 N–H and O–H groups in total. The molecule has 3 unspecified atom stereocenters. The summed E-state index contributed by atoms with van der Waals surface area (Å²) in [5.74, 6) is 0.948. The number of hydrogen-bond acceptors (Lipinski definition) is 3. The van der Waals surface area contributed by atoms with Gasteiger partial charge in [-0.05, 0) is 37.2 Å². The van der Waals surface area contributed by atoms with Crippen molar-refractivity contribution in [3.63, 3.8) is 0 Å². The van der Waals surface area contributed by atoms with E-state index in [1.54, 1.807) is 11.3 Å². The molecule has 1 amide bonds. The number of likely N-dealkylation sites (tertiary alicyclic amines) is 1. The Hall–Kier alpha value is -1.68. The van der Waals surface area contributed by atoms with Crippen LogP contribution in [0.4, 0.5) is 0 Å². The molecule has 0 spiro atoms. The first-order valence-corrected chi connectivity index (χ1v) is 8.97. The zero-order valence-electron chi connectivity index (χ0n) is 12.5. The lowest BCUT2D eigenvalue weighted by Gasteiger charge is -2.34. The van der Waals surface area contributed by atoms with Crippen LogP contribution in [0, 0.1) is 5.92 Å². The molecule has 3 nitrogen and oxygen atoms in total. The molecular weight excluding hydrogens is 292 g/mol. The number of nitrogens with zero attached hydrogens (tertiary/aromatic N) is 2. The zero-order chi connectivity index (χ0) is 14.9. The van der Waals surface area contributed by atoms with Gasteiger partial charge >= 0.3 is 0 Å². The van der Waals surface area contributed by atoms with Crippen LogP contribution in [0.1, 0.15) is 48.2 Å². The van der Waals surface area contributed by atoms with Gasteiger partial charge < -0.3 is 4.90 Å². The van der Waals surface area contributed by atoms with Crippen molar-refractivity contribution in [2.45, 2.75) is 37.6 Å². The molecule has 1 aliphatic carbocycles. The number of piperidine rings is 1. The fourth-order valence-corrected chi connectivity index (χ4v) is 4.39. The Kier molecular flexibility index (Phi) is 3.70. The maximum atomic E-state index is 13.0. The van der Waals surface area contributed by atoms with Crippen LogP contribution in [0.3, 0.4) is 0 Å². The van der Waals surface area contributed by atoms with Crippen molar-refractivity contribution in [1.29, 1.82) is 0 Å². The van der Waals surface area contributed by atoms with Gasteiger partial charge in [-0.2, -0.15) is 0 Å². The van der Waals surface area contributed by atoms with E-state index in [1.807, 2.05) is 17.6 Å². The summed E-state index contributed by atoms with van der Waals surface area (Å²) >= 11 is 1.67. The van der Waals surface area contributed by atoms with Crippen LogP contribution in [0.15, 0.2) is 41.9 Å². The van der Waals surface area contributed by atoms with E-state index >= 15 is 0 Å². The molecular formula is C18H20N2OS. The Labute approximate surface area is 135 Å². The molecule has 4 heteroatoms. The number of amides is 1. The van der Waals surface area contributed by atoms with Crippen LogP contribution in [0.2, 0.25) is 0 Å². The topological polar surface area (TPSA) is 33.2 Å². The normalized spacial score (nSPS) is 27.6. The summed E-state index contributed by atoms with van der Waals surface area (Å²) in [6.45, 7) is 0.890. The first kappa shape index (κ1) is 13.9. The molecule has 1 saturated heterocycles. The number of benzene rings is 1. The van der Waals surface area contributed by atoms with Gasteiger partial charge in [-0.25, -0.2) is 4.98 Å². The van der Waals surface area contributed by atoms with E-state index in [0.29, 0.717) is 11.8 Å². The third kappa shape index (κ3) is 2.56. The Balaban J connectivity index is 1.50. The predicted octanol–water partition coefficient (Wildman–Crippen LogP) is 4.00. The van der Waals surface area contributed by atoms with Gasteiger partial charge in [0.05, 0.1) is 6.04 Å². The van der Waals surface area contributed by atoms with Gasteiger partial charge in [-0.3, -0.25) is 4.79 Å². The summed E-state index contributed by atoms with van der Waals surface area (Å²) in [6.07, 6.45) is 6.23. The standard InChI is InChI=1S/C18H20N2OS/c21-18(15-12-14(15)13-6-2-1-3-7-13)20-10-5-4-8-16(20)17-19-9-11-22-17/h1-3,6-7,9,11,14-16H,4-5,8,10,12H2. The molecule has 1 aromatic carbocycles. The quantitative estimate of drug-likeness (QED) is 0.858. The smallest absolute Gasteiger partial charge is 0.226 e. The summed E-state index contributed by atoms with van der Waals surface area (Å²) in [5.41, 5.74) is 1.31. The van der Waals surface area contributed by atoms with Gasteiger partial charge in [0.2, 0.25) is 5.91 Å². The first-order valence-electron chi connectivity index (χ1n) is 8.09. The summed E-state index contributed by atoms with van der Waals surface area (Å²) in [5, 5.41) is 3.11. The Bertz CT molecular complexity index is 640. The maximum absolute atomic E-state index is 13.0. The lowest BCUT2D eigenvalue weighted by Crippen LogP contribution is -2.39. The van der Waals surface area contributed by atoms with Gasteiger partial charge in [-0.1, -0.05) is 30.3 Å². The van der Waals surface area contributed by atoms with E-state index in [2.05, 4.69) is 34.1 Å². The van der Waals surface area contributed by atoms with E-state index in [4.69, 9.17) is 0 Å². The number of carbonyl (C=O) groups excluding carboxylic acids is 1. The summed E-state index contributed by atoms with van der Waals surface area (Å²) in [6, 6.07) is 10.7. The second kappa shape index (κ2) is 5.84. The molecule has 1 saturated carbocycles. The third-order valence-electron chi connectivity index (χ3n) is 4.86. The van der Waals surface area contributed by atoms with Crippen molar-refractivity contribution in [1.82, 2.24) is 9.88 Å². The van der Waals surface area contributed by atoms with E-state index in [0.717, 1.165) is 30.8 Å². The van der Waals surface area contributed by atoms with Crippen LogP contribution in [-0.2, 0) is 4.79 Å². The van der Waals surface area contributed by atoms with Crippen LogP contribution >= 0.6 is 11.3 Å².